The number of ether oxygens (including phenoxy) is 2. The van der Waals surface area contributed by atoms with E-state index < -0.39 is 11.6 Å². The number of rotatable bonds is 4. The van der Waals surface area contributed by atoms with Crippen LogP contribution in [0.3, 0.4) is 0 Å². The summed E-state index contributed by atoms with van der Waals surface area (Å²) in [5.41, 5.74) is -1.17. The van der Waals surface area contributed by atoms with Crippen molar-refractivity contribution in [2.45, 2.75) is 31.5 Å². The Morgan fingerprint density at radius 2 is 2.43 bits per heavy atom. The Balaban J connectivity index is 2.65. The molecule has 1 heterocycles. The molecule has 1 saturated heterocycles. The van der Waals surface area contributed by atoms with E-state index in [1.165, 1.54) is 0 Å². The third-order valence-electron chi connectivity index (χ3n) is 2.38. The average Bonchev–Trinajstić information content (AvgIpc) is 2.14. The molecule has 2 unspecified atom stereocenters. The minimum absolute atomic E-state index is 0.0546. The second-order valence-electron chi connectivity index (χ2n) is 3.51. The van der Waals surface area contributed by atoms with E-state index in [0.717, 1.165) is 0 Å². The Morgan fingerprint density at radius 3 is 2.93 bits per heavy atom. The van der Waals surface area contributed by atoms with Crippen molar-refractivity contribution in [1.29, 1.82) is 0 Å². The Kier molecular flexibility index (Phi) is 3.86. The van der Waals surface area contributed by atoms with Gasteiger partial charge in [0.1, 0.15) is 0 Å². The maximum absolute atomic E-state index is 11.1. The zero-order valence-corrected chi connectivity index (χ0v) is 8.23. The molecule has 2 atom stereocenters. The first-order valence-corrected chi connectivity index (χ1v) is 4.70. The molecule has 0 aromatic rings. The number of aliphatic carboxylic acids is 1. The van der Waals surface area contributed by atoms with Gasteiger partial charge in [-0.25, -0.2) is 4.79 Å². The smallest absolute Gasteiger partial charge is 0.336 e. The topological polar surface area (TPSA) is 76.0 Å². The summed E-state index contributed by atoms with van der Waals surface area (Å²) in [5.74, 6) is -0.971. The van der Waals surface area contributed by atoms with Gasteiger partial charge in [-0.15, -0.1) is 0 Å². The van der Waals surface area contributed by atoms with Crippen LogP contribution in [-0.4, -0.2) is 47.7 Å². The normalized spacial score (nSPS) is 32.9. The van der Waals surface area contributed by atoms with Crippen molar-refractivity contribution in [2.75, 3.05) is 19.8 Å². The van der Waals surface area contributed by atoms with E-state index in [2.05, 4.69) is 0 Å². The van der Waals surface area contributed by atoms with Gasteiger partial charge in [0.2, 0.25) is 0 Å². The highest BCUT2D eigenvalue weighted by molar-refractivity contribution is 5.77. The Labute approximate surface area is 82.6 Å². The van der Waals surface area contributed by atoms with E-state index >= 15 is 0 Å². The van der Waals surface area contributed by atoms with E-state index in [4.69, 9.17) is 19.7 Å². The predicted molar refractivity (Wildman–Crippen MR) is 48.1 cm³/mol. The molecule has 1 fully saturated rings. The lowest BCUT2D eigenvalue weighted by Gasteiger charge is -2.36. The number of carboxylic acid groups (broad SMARTS) is 1. The van der Waals surface area contributed by atoms with E-state index in [-0.39, 0.29) is 19.3 Å². The van der Waals surface area contributed by atoms with Crippen molar-refractivity contribution in [1.82, 2.24) is 0 Å². The van der Waals surface area contributed by atoms with Crippen LogP contribution in [0.15, 0.2) is 0 Å². The lowest BCUT2D eigenvalue weighted by molar-refractivity contribution is -0.186. The third kappa shape index (κ3) is 2.43. The summed E-state index contributed by atoms with van der Waals surface area (Å²) in [4.78, 5) is 11.1. The monoisotopic (exact) mass is 204 g/mol. The second kappa shape index (κ2) is 4.72. The highest BCUT2D eigenvalue weighted by Crippen LogP contribution is 2.28. The fraction of sp³-hybridized carbons (Fsp3) is 0.889. The van der Waals surface area contributed by atoms with Gasteiger partial charge in [0.05, 0.1) is 25.9 Å². The Morgan fingerprint density at radius 1 is 1.71 bits per heavy atom. The van der Waals surface area contributed by atoms with E-state index in [9.17, 15) is 4.79 Å². The first-order valence-electron chi connectivity index (χ1n) is 4.70. The molecular weight excluding hydrogens is 188 g/mol. The Bertz CT molecular complexity index is 205. The van der Waals surface area contributed by atoms with Crippen molar-refractivity contribution < 1.29 is 24.5 Å². The minimum Gasteiger partial charge on any atom is -0.479 e. The number of hydrogen-bond donors (Lipinski definition) is 2. The molecule has 0 aliphatic carbocycles. The van der Waals surface area contributed by atoms with Crippen LogP contribution in [0.1, 0.15) is 19.8 Å². The third-order valence-corrected chi connectivity index (χ3v) is 2.38. The fourth-order valence-electron chi connectivity index (χ4n) is 1.68. The summed E-state index contributed by atoms with van der Waals surface area (Å²) in [6, 6.07) is 0. The van der Waals surface area contributed by atoms with Gasteiger partial charge in [0.15, 0.2) is 5.60 Å². The molecule has 14 heavy (non-hydrogen) atoms. The quantitative estimate of drug-likeness (QED) is 0.675. The number of carboxylic acids is 1. The van der Waals surface area contributed by atoms with Gasteiger partial charge in [-0.05, 0) is 6.92 Å². The van der Waals surface area contributed by atoms with Gasteiger partial charge in [0.25, 0.3) is 0 Å². The molecule has 1 rings (SSSR count). The second-order valence-corrected chi connectivity index (χ2v) is 3.51. The van der Waals surface area contributed by atoms with Crippen molar-refractivity contribution in [3.8, 4) is 0 Å². The largest absolute Gasteiger partial charge is 0.479 e. The van der Waals surface area contributed by atoms with Gasteiger partial charge in [0, 0.05) is 12.8 Å². The van der Waals surface area contributed by atoms with Crippen LogP contribution >= 0.6 is 0 Å². The summed E-state index contributed by atoms with van der Waals surface area (Å²) in [7, 11) is 0. The van der Waals surface area contributed by atoms with Crippen LogP contribution in [0, 0.1) is 0 Å². The van der Waals surface area contributed by atoms with Gasteiger partial charge in [-0.3, -0.25) is 0 Å². The van der Waals surface area contributed by atoms with Gasteiger partial charge >= 0.3 is 5.97 Å². The minimum atomic E-state index is -1.17. The zero-order chi connectivity index (χ0) is 10.6. The lowest BCUT2D eigenvalue weighted by atomic mass is 9.90. The molecular formula is C9H16O5. The van der Waals surface area contributed by atoms with Gasteiger partial charge in [-0.2, -0.15) is 0 Å². The summed E-state index contributed by atoms with van der Waals surface area (Å²) >= 11 is 0. The van der Waals surface area contributed by atoms with Crippen LogP contribution in [-0.2, 0) is 14.3 Å². The van der Waals surface area contributed by atoms with Crippen LogP contribution in [0.4, 0.5) is 0 Å². The lowest BCUT2D eigenvalue weighted by Crippen LogP contribution is -2.49. The van der Waals surface area contributed by atoms with E-state index in [1.807, 2.05) is 6.92 Å². The summed E-state index contributed by atoms with van der Waals surface area (Å²) in [5, 5.41) is 17.7. The molecule has 2 N–H and O–H groups in total. The van der Waals surface area contributed by atoms with Gasteiger partial charge < -0.3 is 19.7 Å². The molecule has 1 aliphatic heterocycles. The molecule has 0 radical (unpaired) electrons. The molecule has 0 saturated carbocycles. The summed E-state index contributed by atoms with van der Waals surface area (Å²) in [6.07, 6.45) is 0.563. The number of carbonyl (C=O) groups is 1. The van der Waals surface area contributed by atoms with Crippen molar-refractivity contribution in [2.24, 2.45) is 0 Å². The van der Waals surface area contributed by atoms with Crippen LogP contribution in [0.25, 0.3) is 0 Å². The van der Waals surface area contributed by atoms with Crippen LogP contribution < -0.4 is 0 Å². The highest BCUT2D eigenvalue weighted by atomic mass is 16.5. The molecule has 1 aliphatic rings. The number of aliphatic hydroxyl groups excluding tert-OH is 1. The van der Waals surface area contributed by atoms with E-state index in [0.29, 0.717) is 19.4 Å². The zero-order valence-electron chi connectivity index (χ0n) is 8.23. The maximum atomic E-state index is 11.1. The van der Waals surface area contributed by atoms with Crippen molar-refractivity contribution in [3.63, 3.8) is 0 Å². The van der Waals surface area contributed by atoms with Gasteiger partial charge in [-0.1, -0.05) is 0 Å². The molecule has 0 bridgehead atoms. The molecule has 0 aromatic carbocycles. The maximum Gasteiger partial charge on any atom is 0.336 e. The summed E-state index contributed by atoms with van der Waals surface area (Å²) < 4.78 is 10.5. The number of hydrogen-bond acceptors (Lipinski definition) is 4. The molecule has 5 nitrogen and oxygen atoms in total. The molecule has 5 heteroatoms. The molecule has 0 aromatic heterocycles. The standard InChI is InChI=1S/C9H16O5/c1-7-6-9(8(11)12,2-4-13-7)14-5-3-10/h7,10H,2-6H2,1H3,(H,11,12). The number of aliphatic hydroxyl groups is 1. The average molecular weight is 204 g/mol. The van der Waals surface area contributed by atoms with Crippen molar-refractivity contribution in [3.05, 3.63) is 0 Å². The Hall–Kier alpha value is -0.650. The van der Waals surface area contributed by atoms with Crippen LogP contribution in [0.5, 0.6) is 0 Å². The highest BCUT2D eigenvalue weighted by Gasteiger charge is 2.43. The van der Waals surface area contributed by atoms with E-state index in [1.54, 1.807) is 0 Å². The predicted octanol–water partition coefficient (Wildman–Crippen LogP) is 0.0176. The SMILES string of the molecule is CC1CC(OCCO)(C(=O)O)CCO1. The molecule has 82 valence electrons. The molecule has 0 spiro atoms. The first kappa shape index (κ1) is 11.4. The fourth-order valence-corrected chi connectivity index (χ4v) is 1.68. The molecule has 0 amide bonds. The first-order chi connectivity index (χ1) is 6.60. The van der Waals surface area contributed by atoms with Crippen molar-refractivity contribution >= 4 is 5.97 Å². The van der Waals surface area contributed by atoms with Crippen LogP contribution in [0.2, 0.25) is 0 Å². The summed E-state index contributed by atoms with van der Waals surface area (Å²) in [6.45, 7) is 2.10.